The van der Waals surface area contributed by atoms with Gasteiger partial charge in [0.2, 0.25) is 0 Å². The summed E-state index contributed by atoms with van der Waals surface area (Å²) in [6.45, 7) is 2.39. The van der Waals surface area contributed by atoms with Gasteiger partial charge in [0, 0.05) is 10.8 Å². The number of benzene rings is 1. The summed E-state index contributed by atoms with van der Waals surface area (Å²) in [7, 11) is 3.78. The van der Waals surface area contributed by atoms with Crippen molar-refractivity contribution < 1.29 is 4.74 Å². The molecule has 4 heteroatoms. The first kappa shape index (κ1) is 15.2. The summed E-state index contributed by atoms with van der Waals surface area (Å²) in [6, 6.07) is 6.89. The Hall–Kier alpha value is -0.190. The van der Waals surface area contributed by atoms with E-state index in [4.69, 9.17) is 4.74 Å². The highest BCUT2D eigenvalue weighted by atomic mass is 79.9. The lowest BCUT2D eigenvalue weighted by Gasteiger charge is -2.33. The summed E-state index contributed by atoms with van der Waals surface area (Å²) in [5.74, 6) is 2.19. The van der Waals surface area contributed by atoms with Crippen LogP contribution in [-0.4, -0.2) is 30.7 Å². The number of halogens is 1. The van der Waals surface area contributed by atoms with Gasteiger partial charge in [-0.2, -0.15) is 11.8 Å². The third kappa shape index (κ3) is 3.47. The Morgan fingerprint density at radius 1 is 1.53 bits per heavy atom. The lowest BCUT2D eigenvalue weighted by atomic mass is 9.91. The molecule has 0 spiro atoms. The van der Waals surface area contributed by atoms with Crippen LogP contribution in [0.25, 0.3) is 0 Å². The molecule has 1 aromatic carbocycles. The van der Waals surface area contributed by atoms with Crippen LogP contribution in [0.15, 0.2) is 22.7 Å². The van der Waals surface area contributed by atoms with Gasteiger partial charge in [0.25, 0.3) is 0 Å². The Morgan fingerprint density at radius 3 is 2.84 bits per heavy atom. The second-order valence-corrected chi connectivity index (χ2v) is 7.76. The summed E-state index contributed by atoms with van der Waals surface area (Å²) >= 11 is 5.68. The number of hydrogen-bond donors (Lipinski definition) is 1. The number of rotatable bonds is 5. The van der Waals surface area contributed by atoms with Crippen LogP contribution in [0.5, 0.6) is 5.75 Å². The molecule has 0 bridgehead atoms. The molecular weight excluding hydrogens is 322 g/mol. The molecule has 0 amide bonds. The number of thioether (sulfide) groups is 1. The van der Waals surface area contributed by atoms with E-state index in [1.807, 2.05) is 6.07 Å². The van der Waals surface area contributed by atoms with E-state index in [0.29, 0.717) is 10.8 Å². The van der Waals surface area contributed by atoms with Crippen molar-refractivity contribution in [2.75, 3.05) is 19.9 Å². The molecule has 0 saturated carbocycles. The Balaban J connectivity index is 2.12. The standard InChI is InChI=1S/C15H22BrNOS/c1-15(7-4-8-19-15)14(17-2)10-11-5-6-13(18-3)12(16)9-11/h5-6,9,14,17H,4,7-8,10H2,1-3H3. The molecule has 1 saturated heterocycles. The molecule has 19 heavy (non-hydrogen) atoms. The largest absolute Gasteiger partial charge is 0.496 e. The first-order valence-electron chi connectivity index (χ1n) is 6.72. The zero-order valence-electron chi connectivity index (χ0n) is 11.8. The van der Waals surface area contributed by atoms with Crippen LogP contribution in [0.4, 0.5) is 0 Å². The van der Waals surface area contributed by atoms with Crippen LogP contribution in [-0.2, 0) is 6.42 Å². The summed E-state index contributed by atoms with van der Waals surface area (Å²) in [6.07, 6.45) is 3.70. The molecule has 2 rings (SSSR count). The summed E-state index contributed by atoms with van der Waals surface area (Å²) in [5.41, 5.74) is 1.35. The minimum atomic E-state index is 0.362. The molecule has 1 aromatic rings. The minimum Gasteiger partial charge on any atom is -0.496 e. The maximum absolute atomic E-state index is 5.28. The second-order valence-electron chi connectivity index (χ2n) is 5.28. The van der Waals surface area contributed by atoms with Gasteiger partial charge in [0.05, 0.1) is 11.6 Å². The lowest BCUT2D eigenvalue weighted by Crippen LogP contribution is -2.45. The van der Waals surface area contributed by atoms with E-state index < -0.39 is 0 Å². The first-order chi connectivity index (χ1) is 9.09. The highest BCUT2D eigenvalue weighted by Crippen LogP contribution is 2.41. The summed E-state index contributed by atoms with van der Waals surface area (Å²) < 4.78 is 6.68. The van der Waals surface area contributed by atoms with E-state index in [2.05, 4.69) is 59.1 Å². The molecule has 0 radical (unpaired) electrons. The number of hydrogen-bond acceptors (Lipinski definition) is 3. The lowest BCUT2D eigenvalue weighted by molar-refractivity contribution is 0.410. The maximum atomic E-state index is 5.28. The van der Waals surface area contributed by atoms with Crippen molar-refractivity contribution in [3.8, 4) is 5.75 Å². The van der Waals surface area contributed by atoms with Crippen molar-refractivity contribution in [3.63, 3.8) is 0 Å². The van der Waals surface area contributed by atoms with Crippen molar-refractivity contribution in [2.45, 2.75) is 37.0 Å². The third-order valence-corrected chi connectivity index (χ3v) is 6.25. The van der Waals surface area contributed by atoms with Gasteiger partial charge in [-0.25, -0.2) is 0 Å². The van der Waals surface area contributed by atoms with Crippen molar-refractivity contribution in [2.24, 2.45) is 0 Å². The van der Waals surface area contributed by atoms with Crippen molar-refractivity contribution in [1.82, 2.24) is 5.32 Å². The van der Waals surface area contributed by atoms with Crippen molar-refractivity contribution >= 4 is 27.7 Å². The molecule has 1 fully saturated rings. The summed E-state index contributed by atoms with van der Waals surface area (Å²) in [5, 5.41) is 3.51. The van der Waals surface area contributed by atoms with Gasteiger partial charge in [0.15, 0.2) is 0 Å². The van der Waals surface area contributed by atoms with E-state index in [9.17, 15) is 0 Å². The normalized spacial score (nSPS) is 24.4. The Kier molecular flexibility index (Phi) is 5.21. The van der Waals surface area contributed by atoms with Gasteiger partial charge in [-0.3, -0.25) is 0 Å². The van der Waals surface area contributed by atoms with E-state index in [1.54, 1.807) is 7.11 Å². The SMILES string of the molecule is CNC(Cc1ccc(OC)c(Br)c1)C1(C)CCCS1. The second kappa shape index (κ2) is 6.51. The molecule has 106 valence electrons. The monoisotopic (exact) mass is 343 g/mol. The average molecular weight is 344 g/mol. The van der Waals surface area contributed by atoms with Crippen LogP contribution < -0.4 is 10.1 Å². The van der Waals surface area contributed by atoms with Gasteiger partial charge < -0.3 is 10.1 Å². The van der Waals surface area contributed by atoms with E-state index in [-0.39, 0.29) is 0 Å². The number of ether oxygens (including phenoxy) is 1. The fraction of sp³-hybridized carbons (Fsp3) is 0.600. The molecule has 2 atom stereocenters. The van der Waals surface area contributed by atoms with Crippen LogP contribution in [0.3, 0.4) is 0 Å². The molecule has 1 aliphatic rings. The average Bonchev–Trinajstić information content (AvgIpc) is 2.84. The zero-order valence-corrected chi connectivity index (χ0v) is 14.2. The minimum absolute atomic E-state index is 0.362. The van der Waals surface area contributed by atoms with Crippen molar-refractivity contribution in [1.29, 1.82) is 0 Å². The van der Waals surface area contributed by atoms with Gasteiger partial charge in [-0.05, 0) is 72.6 Å². The molecule has 0 aliphatic carbocycles. The van der Waals surface area contributed by atoms with Crippen LogP contribution in [0, 0.1) is 0 Å². The predicted octanol–water partition coefficient (Wildman–Crippen LogP) is 3.87. The first-order valence-corrected chi connectivity index (χ1v) is 8.50. The van der Waals surface area contributed by atoms with Crippen LogP contribution >= 0.6 is 27.7 Å². The van der Waals surface area contributed by atoms with E-state index in [0.717, 1.165) is 16.6 Å². The fourth-order valence-corrected chi connectivity index (χ4v) is 4.81. The van der Waals surface area contributed by atoms with Crippen LogP contribution in [0.2, 0.25) is 0 Å². The van der Waals surface area contributed by atoms with E-state index in [1.165, 1.54) is 24.2 Å². The molecule has 1 heterocycles. The number of likely N-dealkylation sites (N-methyl/N-ethyl adjacent to an activating group) is 1. The number of methoxy groups -OCH3 is 1. The summed E-state index contributed by atoms with van der Waals surface area (Å²) in [4.78, 5) is 0. The van der Waals surface area contributed by atoms with Gasteiger partial charge in [0.1, 0.15) is 5.75 Å². The highest BCUT2D eigenvalue weighted by Gasteiger charge is 2.36. The molecule has 1 N–H and O–H groups in total. The Morgan fingerprint density at radius 2 is 2.32 bits per heavy atom. The van der Waals surface area contributed by atoms with Gasteiger partial charge >= 0.3 is 0 Å². The van der Waals surface area contributed by atoms with Crippen molar-refractivity contribution in [3.05, 3.63) is 28.2 Å². The Bertz CT molecular complexity index is 432. The molecule has 2 unspecified atom stereocenters. The molecule has 2 nitrogen and oxygen atoms in total. The Labute approximate surface area is 128 Å². The molecule has 1 aliphatic heterocycles. The smallest absolute Gasteiger partial charge is 0.133 e. The topological polar surface area (TPSA) is 21.3 Å². The fourth-order valence-electron chi connectivity index (χ4n) is 2.77. The zero-order chi connectivity index (χ0) is 13.9. The predicted molar refractivity (Wildman–Crippen MR) is 87.3 cm³/mol. The quantitative estimate of drug-likeness (QED) is 0.876. The third-order valence-electron chi connectivity index (χ3n) is 3.99. The van der Waals surface area contributed by atoms with Crippen LogP contribution in [0.1, 0.15) is 25.3 Å². The van der Waals surface area contributed by atoms with Gasteiger partial charge in [-0.1, -0.05) is 6.07 Å². The number of nitrogens with one attached hydrogen (secondary N) is 1. The molecular formula is C15H22BrNOS. The highest BCUT2D eigenvalue weighted by molar-refractivity contribution is 9.10. The maximum Gasteiger partial charge on any atom is 0.133 e. The van der Waals surface area contributed by atoms with Gasteiger partial charge in [-0.15, -0.1) is 0 Å². The van der Waals surface area contributed by atoms with E-state index >= 15 is 0 Å². The molecule has 0 aromatic heterocycles.